The van der Waals surface area contributed by atoms with E-state index in [2.05, 4.69) is 15.4 Å². The number of sulfonamides is 1. The number of rotatable bonds is 11. The maximum absolute atomic E-state index is 12.2. The van der Waals surface area contributed by atoms with Gasteiger partial charge in [0.1, 0.15) is 5.75 Å². The van der Waals surface area contributed by atoms with Gasteiger partial charge in [0.25, 0.3) is 0 Å². The highest BCUT2D eigenvalue weighted by Gasteiger charge is 2.20. The third-order valence-electron chi connectivity index (χ3n) is 4.81. The first-order valence-electron chi connectivity index (χ1n) is 10.2. The Morgan fingerprint density at radius 2 is 1.66 bits per heavy atom. The van der Waals surface area contributed by atoms with Crippen molar-refractivity contribution in [2.24, 2.45) is 5.92 Å². The van der Waals surface area contributed by atoms with Gasteiger partial charge in [-0.2, -0.15) is 0 Å². The third kappa shape index (κ3) is 8.02. The average Bonchev–Trinajstić information content (AvgIpc) is 2.72. The quantitative estimate of drug-likeness (QED) is 0.466. The molecule has 0 saturated heterocycles. The molecule has 162 valence electrons. The Morgan fingerprint density at radius 1 is 1.00 bits per heavy atom. The van der Waals surface area contributed by atoms with Gasteiger partial charge in [-0.3, -0.25) is 9.59 Å². The lowest BCUT2D eigenvalue weighted by Gasteiger charge is -2.20. The average molecular weight is 426 g/mol. The number of nitrogens with one attached hydrogen (secondary N) is 3. The molecule has 29 heavy (non-hydrogen) atoms. The van der Waals surface area contributed by atoms with Crippen molar-refractivity contribution in [2.75, 3.05) is 26.2 Å². The Kier molecular flexibility index (Phi) is 9.40. The van der Waals surface area contributed by atoms with Crippen LogP contribution in [-0.4, -0.2) is 46.5 Å². The van der Waals surface area contributed by atoms with Gasteiger partial charge >= 0.3 is 0 Å². The van der Waals surface area contributed by atoms with E-state index in [0.717, 1.165) is 25.7 Å². The predicted molar refractivity (Wildman–Crippen MR) is 110 cm³/mol. The van der Waals surface area contributed by atoms with Crippen molar-refractivity contribution >= 4 is 21.8 Å². The van der Waals surface area contributed by atoms with Crippen molar-refractivity contribution < 1.29 is 22.7 Å². The van der Waals surface area contributed by atoms with Crippen LogP contribution in [0.2, 0.25) is 0 Å². The molecular formula is C20H31N3O5S. The fourth-order valence-corrected chi connectivity index (χ4v) is 4.28. The number of amides is 2. The van der Waals surface area contributed by atoms with Gasteiger partial charge in [-0.25, -0.2) is 13.1 Å². The number of carbonyl (C=O) groups is 2. The summed E-state index contributed by atoms with van der Waals surface area (Å²) in [5, 5.41) is 5.53. The number of benzene rings is 1. The second-order valence-corrected chi connectivity index (χ2v) is 8.80. The standard InChI is InChI=1S/C20H31N3O5S/c1-2-28-17-8-10-18(11-9-17)29(26,27)23-13-12-19(24)21-14-15-22-20(25)16-6-4-3-5-7-16/h8-11,16,23H,2-7,12-15H2,1H3,(H,21,24)(H,22,25). The van der Waals surface area contributed by atoms with Crippen molar-refractivity contribution in [1.82, 2.24) is 15.4 Å². The van der Waals surface area contributed by atoms with E-state index in [4.69, 9.17) is 4.74 Å². The van der Waals surface area contributed by atoms with Crippen LogP contribution in [-0.2, 0) is 19.6 Å². The Bertz CT molecular complexity index is 759. The summed E-state index contributed by atoms with van der Waals surface area (Å²) in [6.07, 6.45) is 5.29. The largest absolute Gasteiger partial charge is 0.494 e. The summed E-state index contributed by atoms with van der Waals surface area (Å²) in [6, 6.07) is 6.10. The highest BCUT2D eigenvalue weighted by atomic mass is 32.2. The highest BCUT2D eigenvalue weighted by molar-refractivity contribution is 7.89. The van der Waals surface area contributed by atoms with E-state index in [9.17, 15) is 18.0 Å². The van der Waals surface area contributed by atoms with Gasteiger partial charge in [0, 0.05) is 32.0 Å². The van der Waals surface area contributed by atoms with E-state index in [1.165, 1.54) is 18.6 Å². The molecule has 0 unspecified atom stereocenters. The van der Waals surface area contributed by atoms with Crippen LogP contribution >= 0.6 is 0 Å². The van der Waals surface area contributed by atoms with E-state index < -0.39 is 10.0 Å². The molecule has 0 aliphatic heterocycles. The Labute approximate surface area is 172 Å². The molecule has 1 aliphatic carbocycles. The highest BCUT2D eigenvalue weighted by Crippen LogP contribution is 2.23. The lowest BCUT2D eigenvalue weighted by Crippen LogP contribution is -2.38. The van der Waals surface area contributed by atoms with Crippen molar-refractivity contribution in [3.8, 4) is 5.75 Å². The molecule has 2 amide bonds. The first kappa shape index (κ1) is 23.2. The second-order valence-electron chi connectivity index (χ2n) is 7.03. The molecule has 0 spiro atoms. The van der Waals surface area contributed by atoms with Crippen molar-refractivity contribution in [2.45, 2.75) is 50.3 Å². The summed E-state index contributed by atoms with van der Waals surface area (Å²) >= 11 is 0. The SMILES string of the molecule is CCOc1ccc(S(=O)(=O)NCCC(=O)NCCNC(=O)C2CCCCC2)cc1. The van der Waals surface area contributed by atoms with Crippen LogP contribution in [0.15, 0.2) is 29.2 Å². The van der Waals surface area contributed by atoms with E-state index in [0.29, 0.717) is 25.4 Å². The molecule has 1 fully saturated rings. The minimum absolute atomic E-state index is 0.00416. The van der Waals surface area contributed by atoms with Gasteiger partial charge in [-0.05, 0) is 44.0 Å². The fourth-order valence-electron chi connectivity index (χ4n) is 3.25. The Balaban J connectivity index is 1.62. The molecule has 1 aromatic carbocycles. The minimum Gasteiger partial charge on any atom is -0.494 e. The minimum atomic E-state index is -3.68. The van der Waals surface area contributed by atoms with E-state index in [1.807, 2.05) is 6.92 Å². The van der Waals surface area contributed by atoms with Gasteiger partial charge < -0.3 is 15.4 Å². The van der Waals surface area contributed by atoms with E-state index in [1.54, 1.807) is 12.1 Å². The molecule has 0 radical (unpaired) electrons. The zero-order valence-corrected chi connectivity index (χ0v) is 17.7. The van der Waals surface area contributed by atoms with Crippen molar-refractivity contribution in [1.29, 1.82) is 0 Å². The number of hydrogen-bond acceptors (Lipinski definition) is 5. The number of carbonyl (C=O) groups excluding carboxylic acids is 2. The fraction of sp³-hybridized carbons (Fsp3) is 0.600. The molecule has 3 N–H and O–H groups in total. The summed E-state index contributed by atoms with van der Waals surface area (Å²) in [4.78, 5) is 24.0. The van der Waals surface area contributed by atoms with Crippen LogP contribution in [0.3, 0.4) is 0 Å². The van der Waals surface area contributed by atoms with E-state index in [-0.39, 0.29) is 35.6 Å². The molecular weight excluding hydrogens is 394 g/mol. The zero-order valence-electron chi connectivity index (χ0n) is 16.9. The van der Waals surface area contributed by atoms with Gasteiger partial charge in [-0.15, -0.1) is 0 Å². The molecule has 1 aromatic rings. The predicted octanol–water partition coefficient (Wildman–Crippen LogP) is 1.57. The lowest BCUT2D eigenvalue weighted by atomic mass is 9.89. The monoisotopic (exact) mass is 425 g/mol. The Hall–Kier alpha value is -2.13. The summed E-state index contributed by atoms with van der Waals surface area (Å²) in [5.74, 6) is 0.478. The van der Waals surface area contributed by atoms with Gasteiger partial charge in [0.2, 0.25) is 21.8 Å². The van der Waals surface area contributed by atoms with Crippen LogP contribution in [0.25, 0.3) is 0 Å². The molecule has 2 rings (SSSR count). The second kappa shape index (κ2) is 11.8. The van der Waals surface area contributed by atoms with Crippen LogP contribution in [0.4, 0.5) is 0 Å². The van der Waals surface area contributed by atoms with Gasteiger partial charge in [0.15, 0.2) is 0 Å². The van der Waals surface area contributed by atoms with Gasteiger partial charge in [0.05, 0.1) is 11.5 Å². The number of ether oxygens (including phenoxy) is 1. The van der Waals surface area contributed by atoms with Crippen LogP contribution < -0.4 is 20.1 Å². The van der Waals surface area contributed by atoms with Crippen LogP contribution in [0, 0.1) is 5.92 Å². The molecule has 0 bridgehead atoms. The zero-order chi connectivity index (χ0) is 21.1. The van der Waals surface area contributed by atoms with Crippen LogP contribution in [0.1, 0.15) is 45.4 Å². The third-order valence-corrected chi connectivity index (χ3v) is 6.29. The first-order chi connectivity index (χ1) is 13.9. The summed E-state index contributed by atoms with van der Waals surface area (Å²) in [5.41, 5.74) is 0. The van der Waals surface area contributed by atoms with Crippen molar-refractivity contribution in [3.63, 3.8) is 0 Å². The summed E-state index contributed by atoms with van der Waals surface area (Å²) in [7, 11) is -3.68. The maximum Gasteiger partial charge on any atom is 0.240 e. The first-order valence-corrected chi connectivity index (χ1v) is 11.7. The van der Waals surface area contributed by atoms with Crippen LogP contribution in [0.5, 0.6) is 5.75 Å². The normalized spacial score (nSPS) is 14.9. The molecule has 0 heterocycles. The summed E-state index contributed by atoms with van der Waals surface area (Å²) in [6.45, 7) is 3.05. The molecule has 1 aliphatic rings. The Morgan fingerprint density at radius 3 is 2.31 bits per heavy atom. The molecule has 8 nitrogen and oxygen atoms in total. The smallest absolute Gasteiger partial charge is 0.240 e. The summed E-state index contributed by atoms with van der Waals surface area (Å²) < 4.78 is 32.2. The molecule has 0 aromatic heterocycles. The molecule has 0 atom stereocenters. The van der Waals surface area contributed by atoms with E-state index >= 15 is 0 Å². The lowest BCUT2D eigenvalue weighted by molar-refractivity contribution is -0.126. The molecule has 9 heteroatoms. The molecule has 1 saturated carbocycles. The van der Waals surface area contributed by atoms with Crippen molar-refractivity contribution in [3.05, 3.63) is 24.3 Å². The van der Waals surface area contributed by atoms with Gasteiger partial charge in [-0.1, -0.05) is 19.3 Å². The number of hydrogen-bond donors (Lipinski definition) is 3. The maximum atomic E-state index is 12.2. The topological polar surface area (TPSA) is 114 Å².